The summed E-state index contributed by atoms with van der Waals surface area (Å²) in [7, 11) is 0. The second-order valence-electron chi connectivity index (χ2n) is 4.31. The van der Waals surface area contributed by atoms with E-state index in [2.05, 4.69) is 26.0 Å². The van der Waals surface area contributed by atoms with E-state index in [1.807, 2.05) is 18.2 Å². The Balaban J connectivity index is 2.36. The van der Waals surface area contributed by atoms with E-state index in [1.54, 1.807) is 22.9 Å². The van der Waals surface area contributed by atoms with Gasteiger partial charge in [0.05, 0.1) is 0 Å². The molecule has 1 unspecified atom stereocenters. The van der Waals surface area contributed by atoms with Gasteiger partial charge in [0, 0.05) is 18.0 Å². The summed E-state index contributed by atoms with van der Waals surface area (Å²) in [6, 6.07) is 13.4. The van der Waals surface area contributed by atoms with Gasteiger partial charge in [-0.15, -0.1) is 0 Å². The molecule has 2 heteroatoms. The smallest absolute Gasteiger partial charge is 0.255 e. The third kappa shape index (κ3) is 2.47. The van der Waals surface area contributed by atoms with Gasteiger partial charge in [-0.25, -0.2) is 0 Å². The molecule has 0 amide bonds. The summed E-state index contributed by atoms with van der Waals surface area (Å²) < 4.78 is 1.65. The zero-order valence-electron chi connectivity index (χ0n) is 10.3. The monoisotopic (exact) mass is 227 g/mol. The molecule has 2 nitrogen and oxygen atoms in total. The molecule has 0 aliphatic heterocycles. The molecule has 2 rings (SSSR count). The first-order valence-electron chi connectivity index (χ1n) is 6.00. The van der Waals surface area contributed by atoms with Crippen molar-refractivity contribution in [2.75, 3.05) is 0 Å². The lowest BCUT2D eigenvalue weighted by Gasteiger charge is -2.10. The summed E-state index contributed by atoms with van der Waals surface area (Å²) in [6.45, 7) is 4.39. The van der Waals surface area contributed by atoms with E-state index in [-0.39, 0.29) is 5.56 Å². The van der Waals surface area contributed by atoms with Crippen LogP contribution < -0.4 is 5.56 Å². The Bertz CT molecular complexity index is 539. The highest BCUT2D eigenvalue weighted by atomic mass is 16.1. The largest absolute Gasteiger partial charge is 0.284 e. The fraction of sp³-hybridized carbons (Fsp3) is 0.267. The van der Waals surface area contributed by atoms with E-state index in [1.165, 1.54) is 5.56 Å². The zero-order chi connectivity index (χ0) is 12.3. The van der Waals surface area contributed by atoms with E-state index in [4.69, 9.17) is 0 Å². The molecule has 0 bridgehead atoms. The van der Waals surface area contributed by atoms with Gasteiger partial charge < -0.3 is 0 Å². The van der Waals surface area contributed by atoms with Crippen molar-refractivity contribution in [2.24, 2.45) is 0 Å². The standard InChI is InChI=1S/C15H17NO/c1-3-12(2)13-7-9-14(10-8-13)16-11-5-4-6-15(16)17/h4-12H,3H2,1-2H3. The molecule has 0 aliphatic rings. The van der Waals surface area contributed by atoms with Gasteiger partial charge in [0.1, 0.15) is 0 Å². The van der Waals surface area contributed by atoms with Crippen LogP contribution in [0.2, 0.25) is 0 Å². The molecule has 1 aromatic carbocycles. The van der Waals surface area contributed by atoms with Crippen molar-refractivity contribution in [3.63, 3.8) is 0 Å². The predicted octanol–water partition coefficient (Wildman–Crippen LogP) is 3.35. The van der Waals surface area contributed by atoms with Crippen molar-refractivity contribution in [2.45, 2.75) is 26.2 Å². The number of benzene rings is 1. The molecule has 0 radical (unpaired) electrons. The van der Waals surface area contributed by atoms with Crippen LogP contribution in [0, 0.1) is 0 Å². The van der Waals surface area contributed by atoms with Crippen molar-refractivity contribution < 1.29 is 0 Å². The average Bonchev–Trinajstić information content (AvgIpc) is 2.39. The average molecular weight is 227 g/mol. The minimum Gasteiger partial charge on any atom is -0.284 e. The molecule has 88 valence electrons. The number of aromatic nitrogens is 1. The van der Waals surface area contributed by atoms with Gasteiger partial charge in [-0.05, 0) is 36.1 Å². The van der Waals surface area contributed by atoms with Crippen LogP contribution in [0.15, 0.2) is 53.5 Å². The molecule has 1 atom stereocenters. The maximum atomic E-state index is 11.7. The Hall–Kier alpha value is -1.83. The number of hydrogen-bond donors (Lipinski definition) is 0. The normalized spacial score (nSPS) is 12.4. The van der Waals surface area contributed by atoms with Gasteiger partial charge in [-0.1, -0.05) is 32.0 Å². The summed E-state index contributed by atoms with van der Waals surface area (Å²) in [4.78, 5) is 11.7. The van der Waals surface area contributed by atoms with Gasteiger partial charge in [0.15, 0.2) is 0 Å². The number of nitrogens with zero attached hydrogens (tertiary/aromatic N) is 1. The Morgan fingerprint density at radius 3 is 2.41 bits per heavy atom. The highest BCUT2D eigenvalue weighted by Crippen LogP contribution is 2.19. The van der Waals surface area contributed by atoms with E-state index in [0.29, 0.717) is 5.92 Å². The third-order valence-corrected chi connectivity index (χ3v) is 3.18. The molecular weight excluding hydrogens is 210 g/mol. The van der Waals surface area contributed by atoms with Gasteiger partial charge in [-0.2, -0.15) is 0 Å². The van der Waals surface area contributed by atoms with Crippen LogP contribution in [0.4, 0.5) is 0 Å². The summed E-state index contributed by atoms with van der Waals surface area (Å²) in [6.07, 6.45) is 2.92. The second kappa shape index (κ2) is 5.00. The molecule has 1 aromatic heterocycles. The third-order valence-electron chi connectivity index (χ3n) is 3.18. The molecule has 17 heavy (non-hydrogen) atoms. The molecule has 1 heterocycles. The van der Waals surface area contributed by atoms with Gasteiger partial charge in [0.25, 0.3) is 5.56 Å². The summed E-state index contributed by atoms with van der Waals surface area (Å²) in [5.41, 5.74) is 2.24. The molecule has 0 saturated carbocycles. The lowest BCUT2D eigenvalue weighted by molar-refractivity contribution is 0.733. The summed E-state index contributed by atoms with van der Waals surface area (Å²) in [5.74, 6) is 0.566. The predicted molar refractivity (Wildman–Crippen MR) is 70.7 cm³/mol. The SMILES string of the molecule is CCC(C)c1ccc(-n2ccccc2=O)cc1. The summed E-state index contributed by atoms with van der Waals surface area (Å²) >= 11 is 0. The van der Waals surface area contributed by atoms with Crippen molar-refractivity contribution in [3.05, 3.63) is 64.6 Å². The van der Waals surface area contributed by atoms with E-state index < -0.39 is 0 Å². The Kier molecular flexibility index (Phi) is 3.43. The van der Waals surface area contributed by atoms with Gasteiger partial charge in [0.2, 0.25) is 0 Å². The Morgan fingerprint density at radius 2 is 1.82 bits per heavy atom. The fourth-order valence-corrected chi connectivity index (χ4v) is 1.84. The molecule has 0 fully saturated rings. The van der Waals surface area contributed by atoms with Crippen molar-refractivity contribution >= 4 is 0 Å². The van der Waals surface area contributed by atoms with E-state index >= 15 is 0 Å². The fourth-order valence-electron chi connectivity index (χ4n) is 1.84. The lowest BCUT2D eigenvalue weighted by Crippen LogP contribution is -2.15. The highest BCUT2D eigenvalue weighted by Gasteiger charge is 2.03. The van der Waals surface area contributed by atoms with Crippen LogP contribution in [0.5, 0.6) is 0 Å². The first kappa shape index (κ1) is 11.6. The Labute approximate surface area is 102 Å². The number of hydrogen-bond acceptors (Lipinski definition) is 1. The molecule has 0 saturated heterocycles. The van der Waals surface area contributed by atoms with Crippen molar-refractivity contribution in [3.8, 4) is 5.69 Å². The maximum Gasteiger partial charge on any atom is 0.255 e. The van der Waals surface area contributed by atoms with Gasteiger partial charge in [-0.3, -0.25) is 9.36 Å². The molecule has 0 N–H and O–H groups in total. The van der Waals surface area contributed by atoms with Crippen LogP contribution in [-0.2, 0) is 0 Å². The maximum absolute atomic E-state index is 11.7. The first-order valence-corrected chi connectivity index (χ1v) is 6.00. The minimum atomic E-state index is 0.00351. The quantitative estimate of drug-likeness (QED) is 0.788. The highest BCUT2D eigenvalue weighted by molar-refractivity contribution is 5.36. The van der Waals surface area contributed by atoms with Crippen LogP contribution in [0.1, 0.15) is 31.7 Å². The zero-order valence-corrected chi connectivity index (χ0v) is 10.3. The summed E-state index contributed by atoms with van der Waals surface area (Å²) in [5, 5.41) is 0. The Morgan fingerprint density at radius 1 is 1.12 bits per heavy atom. The van der Waals surface area contributed by atoms with E-state index in [9.17, 15) is 4.79 Å². The lowest BCUT2D eigenvalue weighted by atomic mass is 9.98. The molecule has 0 spiro atoms. The van der Waals surface area contributed by atoms with Crippen molar-refractivity contribution in [1.29, 1.82) is 0 Å². The first-order chi connectivity index (χ1) is 8.22. The molecular formula is C15H17NO. The van der Waals surface area contributed by atoms with Crippen LogP contribution in [0.3, 0.4) is 0 Å². The topological polar surface area (TPSA) is 22.0 Å². The van der Waals surface area contributed by atoms with Crippen molar-refractivity contribution in [1.82, 2.24) is 4.57 Å². The van der Waals surface area contributed by atoms with Crippen LogP contribution in [0.25, 0.3) is 5.69 Å². The molecule has 2 aromatic rings. The van der Waals surface area contributed by atoms with Crippen LogP contribution >= 0.6 is 0 Å². The second-order valence-corrected chi connectivity index (χ2v) is 4.31. The number of rotatable bonds is 3. The van der Waals surface area contributed by atoms with E-state index in [0.717, 1.165) is 12.1 Å². The van der Waals surface area contributed by atoms with Crippen LogP contribution in [-0.4, -0.2) is 4.57 Å². The number of pyridine rings is 1. The van der Waals surface area contributed by atoms with Gasteiger partial charge >= 0.3 is 0 Å². The minimum absolute atomic E-state index is 0.00351. The molecule has 0 aliphatic carbocycles.